The van der Waals surface area contributed by atoms with Gasteiger partial charge in [0.1, 0.15) is 6.10 Å². The van der Waals surface area contributed by atoms with Crippen LogP contribution in [0.3, 0.4) is 0 Å². The Hall–Kier alpha value is -1.17. The molecular formula is C44H85NO4. The Labute approximate surface area is 305 Å². The van der Waals surface area contributed by atoms with E-state index in [0.29, 0.717) is 6.42 Å². The topological polar surface area (TPSA) is 89.8 Å². The Morgan fingerprint density at radius 1 is 0.490 bits per heavy atom. The minimum atomic E-state index is -1.10. The van der Waals surface area contributed by atoms with Gasteiger partial charge in [-0.05, 0) is 44.9 Å². The molecule has 0 saturated heterocycles. The molecule has 0 aliphatic heterocycles. The SMILES string of the molecule is CCCCCCCCCC/C=C\CCCCCCCCC(O)C(=O)NC(CO)C(O)/C=C/CCCCCCCCCCCCCCCCC. The van der Waals surface area contributed by atoms with Crippen LogP contribution < -0.4 is 5.32 Å². The summed E-state index contributed by atoms with van der Waals surface area (Å²) >= 11 is 0. The van der Waals surface area contributed by atoms with Gasteiger partial charge < -0.3 is 20.6 Å². The Balaban J connectivity index is 3.69. The van der Waals surface area contributed by atoms with Crippen LogP contribution in [0.15, 0.2) is 24.3 Å². The van der Waals surface area contributed by atoms with E-state index in [1.165, 1.54) is 173 Å². The molecule has 49 heavy (non-hydrogen) atoms. The molecule has 0 aromatic heterocycles. The van der Waals surface area contributed by atoms with Crippen molar-refractivity contribution < 1.29 is 20.1 Å². The van der Waals surface area contributed by atoms with Gasteiger partial charge in [0.05, 0.1) is 18.8 Å². The Bertz CT molecular complexity index is 724. The lowest BCUT2D eigenvalue weighted by molar-refractivity contribution is -0.131. The highest BCUT2D eigenvalue weighted by Crippen LogP contribution is 2.15. The molecule has 0 fully saturated rings. The van der Waals surface area contributed by atoms with Gasteiger partial charge in [0.2, 0.25) is 5.91 Å². The molecule has 290 valence electrons. The normalized spacial score (nSPS) is 13.8. The molecule has 1 amide bonds. The van der Waals surface area contributed by atoms with Gasteiger partial charge in [0.25, 0.3) is 0 Å². The number of nitrogens with one attached hydrogen (secondary N) is 1. The summed E-state index contributed by atoms with van der Waals surface area (Å²) in [5, 5.41) is 33.1. The molecule has 3 unspecified atom stereocenters. The van der Waals surface area contributed by atoms with Crippen LogP contribution in [0, 0.1) is 0 Å². The Morgan fingerprint density at radius 2 is 0.816 bits per heavy atom. The van der Waals surface area contributed by atoms with Crippen molar-refractivity contribution in [3.63, 3.8) is 0 Å². The smallest absolute Gasteiger partial charge is 0.249 e. The van der Waals surface area contributed by atoms with Gasteiger partial charge in [-0.15, -0.1) is 0 Å². The van der Waals surface area contributed by atoms with Gasteiger partial charge in [-0.1, -0.05) is 205 Å². The van der Waals surface area contributed by atoms with Crippen molar-refractivity contribution in [1.29, 1.82) is 0 Å². The summed E-state index contributed by atoms with van der Waals surface area (Å²) in [5.74, 6) is -0.507. The summed E-state index contributed by atoms with van der Waals surface area (Å²) in [5.41, 5.74) is 0. The lowest BCUT2D eigenvalue weighted by Gasteiger charge is -2.21. The van der Waals surface area contributed by atoms with E-state index in [-0.39, 0.29) is 6.61 Å². The predicted octanol–water partition coefficient (Wildman–Crippen LogP) is 12.2. The number of carbonyl (C=O) groups is 1. The fourth-order valence-electron chi connectivity index (χ4n) is 6.59. The third kappa shape index (κ3) is 35.0. The number of allylic oxidation sites excluding steroid dienone is 3. The summed E-state index contributed by atoms with van der Waals surface area (Å²) in [6.07, 6.45) is 47.7. The third-order valence-corrected chi connectivity index (χ3v) is 10.0. The molecule has 0 spiro atoms. The highest BCUT2D eigenvalue weighted by atomic mass is 16.3. The number of aliphatic hydroxyl groups is 3. The molecule has 0 saturated carbocycles. The largest absolute Gasteiger partial charge is 0.394 e. The van der Waals surface area contributed by atoms with Gasteiger partial charge in [0, 0.05) is 0 Å². The molecule has 0 radical (unpaired) electrons. The lowest BCUT2D eigenvalue weighted by atomic mass is 10.0. The molecule has 0 heterocycles. The van der Waals surface area contributed by atoms with Crippen molar-refractivity contribution in [2.24, 2.45) is 0 Å². The van der Waals surface area contributed by atoms with E-state index in [1.54, 1.807) is 6.08 Å². The summed E-state index contributed by atoms with van der Waals surface area (Å²) in [4.78, 5) is 12.4. The summed E-state index contributed by atoms with van der Waals surface area (Å²) in [7, 11) is 0. The predicted molar refractivity (Wildman–Crippen MR) is 213 cm³/mol. The van der Waals surface area contributed by atoms with Crippen LogP contribution in [-0.4, -0.2) is 46.1 Å². The molecule has 0 aliphatic carbocycles. The number of hydrogen-bond acceptors (Lipinski definition) is 4. The first kappa shape index (κ1) is 47.8. The second-order valence-electron chi connectivity index (χ2n) is 14.9. The summed E-state index contributed by atoms with van der Waals surface area (Å²) in [6, 6.07) is -0.797. The van der Waals surface area contributed by atoms with Crippen molar-refractivity contribution in [3.05, 3.63) is 24.3 Å². The van der Waals surface area contributed by atoms with Crippen molar-refractivity contribution >= 4 is 5.91 Å². The van der Waals surface area contributed by atoms with Gasteiger partial charge in [-0.2, -0.15) is 0 Å². The minimum absolute atomic E-state index is 0.364. The fraction of sp³-hybridized carbons (Fsp3) is 0.886. The van der Waals surface area contributed by atoms with Gasteiger partial charge in [0.15, 0.2) is 0 Å². The van der Waals surface area contributed by atoms with Gasteiger partial charge in [-0.3, -0.25) is 4.79 Å². The van der Waals surface area contributed by atoms with Crippen LogP contribution in [0.5, 0.6) is 0 Å². The van der Waals surface area contributed by atoms with Crippen LogP contribution in [-0.2, 0) is 4.79 Å². The standard InChI is InChI=1S/C44H85NO4/c1-3-5-7-9-11-13-15-17-19-21-23-25-27-29-31-33-35-37-39-43(48)44(49)45-41(40-46)42(47)38-36-34-32-30-28-26-24-22-20-18-16-14-12-10-8-6-4-2/h21,23,36,38,41-43,46-48H,3-20,22,24-35,37,39-40H2,1-2H3,(H,45,49)/b23-21-,38-36+. The Kier molecular flexibility index (Phi) is 38.7. The van der Waals surface area contributed by atoms with Crippen LogP contribution >= 0.6 is 0 Å². The van der Waals surface area contributed by atoms with E-state index < -0.39 is 24.2 Å². The zero-order chi connectivity index (χ0) is 35.9. The van der Waals surface area contributed by atoms with E-state index in [4.69, 9.17) is 0 Å². The Morgan fingerprint density at radius 3 is 1.18 bits per heavy atom. The van der Waals surface area contributed by atoms with Crippen molar-refractivity contribution in [2.45, 2.75) is 244 Å². The first-order valence-electron chi connectivity index (χ1n) is 21.7. The average Bonchev–Trinajstić information content (AvgIpc) is 3.11. The van der Waals surface area contributed by atoms with Crippen LogP contribution in [0.1, 0.15) is 226 Å². The number of amides is 1. The molecule has 3 atom stereocenters. The molecule has 4 N–H and O–H groups in total. The van der Waals surface area contributed by atoms with Crippen molar-refractivity contribution in [2.75, 3.05) is 6.61 Å². The van der Waals surface area contributed by atoms with E-state index in [0.717, 1.165) is 32.1 Å². The maximum atomic E-state index is 12.4. The lowest BCUT2D eigenvalue weighted by Crippen LogP contribution is -2.48. The van der Waals surface area contributed by atoms with E-state index in [2.05, 4.69) is 31.3 Å². The monoisotopic (exact) mass is 692 g/mol. The second kappa shape index (κ2) is 39.6. The molecule has 0 aromatic rings. The zero-order valence-electron chi connectivity index (χ0n) is 32.8. The van der Waals surface area contributed by atoms with Crippen LogP contribution in [0.25, 0.3) is 0 Å². The van der Waals surface area contributed by atoms with Crippen LogP contribution in [0.2, 0.25) is 0 Å². The van der Waals surface area contributed by atoms with E-state index in [9.17, 15) is 20.1 Å². The van der Waals surface area contributed by atoms with Crippen molar-refractivity contribution in [1.82, 2.24) is 5.32 Å². The fourth-order valence-corrected chi connectivity index (χ4v) is 6.59. The van der Waals surface area contributed by atoms with Crippen molar-refractivity contribution in [3.8, 4) is 0 Å². The number of carbonyl (C=O) groups excluding carboxylic acids is 1. The molecule has 5 nitrogen and oxygen atoms in total. The summed E-state index contributed by atoms with van der Waals surface area (Å²) in [6.45, 7) is 4.18. The first-order chi connectivity index (χ1) is 24.1. The summed E-state index contributed by atoms with van der Waals surface area (Å²) < 4.78 is 0. The molecule has 5 heteroatoms. The maximum absolute atomic E-state index is 12.4. The third-order valence-electron chi connectivity index (χ3n) is 10.0. The number of hydrogen-bond donors (Lipinski definition) is 4. The number of aliphatic hydroxyl groups excluding tert-OH is 3. The maximum Gasteiger partial charge on any atom is 0.249 e. The number of unbranched alkanes of at least 4 members (excludes halogenated alkanes) is 29. The van der Waals surface area contributed by atoms with E-state index >= 15 is 0 Å². The molecule has 0 aliphatic rings. The molecular weight excluding hydrogens is 606 g/mol. The first-order valence-corrected chi connectivity index (χ1v) is 21.7. The zero-order valence-corrected chi connectivity index (χ0v) is 32.8. The van der Waals surface area contributed by atoms with Crippen LogP contribution in [0.4, 0.5) is 0 Å². The van der Waals surface area contributed by atoms with E-state index in [1.807, 2.05) is 6.08 Å². The molecule has 0 rings (SSSR count). The second-order valence-corrected chi connectivity index (χ2v) is 14.9. The highest BCUT2D eigenvalue weighted by molar-refractivity contribution is 5.80. The minimum Gasteiger partial charge on any atom is -0.394 e. The number of rotatable bonds is 39. The molecule has 0 aromatic carbocycles. The van der Waals surface area contributed by atoms with Gasteiger partial charge >= 0.3 is 0 Å². The average molecular weight is 692 g/mol. The molecule has 0 bridgehead atoms. The quantitative estimate of drug-likeness (QED) is 0.0381. The van der Waals surface area contributed by atoms with Gasteiger partial charge in [-0.25, -0.2) is 0 Å². The highest BCUT2D eigenvalue weighted by Gasteiger charge is 2.22.